The molecule has 0 radical (unpaired) electrons. The fraction of sp³-hybridized carbons (Fsp3) is 0.350. The molecule has 0 aromatic heterocycles. The monoisotopic (exact) mass is 373 g/mol. The van der Waals surface area contributed by atoms with Crippen molar-refractivity contribution in [3.05, 3.63) is 65.7 Å². The number of nitrogens with zero attached hydrogens (tertiary/aromatic N) is 1. The second-order valence-corrected chi connectivity index (χ2v) is 8.23. The smallest absolute Gasteiger partial charge is 0.191 e. The number of nitrogens with one attached hydrogen (secondary N) is 2. The van der Waals surface area contributed by atoms with Crippen LogP contribution < -0.4 is 10.6 Å². The molecule has 0 amide bonds. The van der Waals surface area contributed by atoms with Gasteiger partial charge in [0, 0.05) is 19.6 Å². The molecule has 0 spiro atoms. The molecule has 0 heterocycles. The molecule has 0 aliphatic carbocycles. The Morgan fingerprint density at radius 1 is 1.08 bits per heavy atom. The highest BCUT2D eigenvalue weighted by Crippen LogP contribution is 2.12. The van der Waals surface area contributed by atoms with Crippen molar-refractivity contribution in [2.45, 2.75) is 37.8 Å². The number of aryl methyl sites for hydroxylation is 1. The van der Waals surface area contributed by atoms with Gasteiger partial charge in [0.15, 0.2) is 15.8 Å². The lowest BCUT2D eigenvalue weighted by Crippen LogP contribution is -2.45. The van der Waals surface area contributed by atoms with E-state index in [0.717, 1.165) is 0 Å². The summed E-state index contributed by atoms with van der Waals surface area (Å²) in [6.45, 7) is 4.66. The first kappa shape index (κ1) is 20.0. The molecule has 2 N–H and O–H groups in total. The minimum atomic E-state index is -3.34. The number of rotatable bonds is 7. The van der Waals surface area contributed by atoms with E-state index in [1.54, 1.807) is 31.3 Å². The van der Waals surface area contributed by atoms with E-state index in [2.05, 4.69) is 34.7 Å². The highest BCUT2D eigenvalue weighted by molar-refractivity contribution is 7.91. The molecule has 6 heteroatoms. The third kappa shape index (κ3) is 5.59. The Morgan fingerprint density at radius 3 is 2.35 bits per heavy atom. The summed E-state index contributed by atoms with van der Waals surface area (Å²) in [5.74, 6) is 0.627. The van der Waals surface area contributed by atoms with E-state index in [4.69, 9.17) is 0 Å². The molecule has 0 bridgehead atoms. The van der Waals surface area contributed by atoms with Gasteiger partial charge in [-0.3, -0.25) is 4.99 Å². The second-order valence-electron chi connectivity index (χ2n) is 6.20. The average molecular weight is 374 g/mol. The molecule has 1 unspecified atom stereocenters. The summed E-state index contributed by atoms with van der Waals surface area (Å²) in [4.78, 5) is 4.57. The molecule has 26 heavy (non-hydrogen) atoms. The summed E-state index contributed by atoms with van der Waals surface area (Å²) in [5.41, 5.74) is 2.38. The van der Waals surface area contributed by atoms with Crippen molar-refractivity contribution in [3.8, 4) is 0 Å². The van der Waals surface area contributed by atoms with Gasteiger partial charge in [0.1, 0.15) is 0 Å². The van der Waals surface area contributed by atoms with Gasteiger partial charge in [-0.15, -0.1) is 0 Å². The van der Waals surface area contributed by atoms with Gasteiger partial charge in [-0.25, -0.2) is 8.42 Å². The van der Waals surface area contributed by atoms with Crippen LogP contribution in [-0.4, -0.2) is 33.2 Å². The molecule has 0 saturated heterocycles. The fourth-order valence-corrected chi connectivity index (χ4v) is 4.24. The van der Waals surface area contributed by atoms with Crippen LogP contribution in [0.3, 0.4) is 0 Å². The standard InChI is InChI=1S/C20H27N3O2S/c1-4-18(15-26(24,25)19-12-6-5-7-13-19)23-20(21-3)22-14-17-11-9-8-10-16(17)2/h5-13,18H,4,14-15H2,1-3H3,(H2,21,22,23). The number of guanidine groups is 1. The SMILES string of the molecule is CCC(CS(=O)(=O)c1ccccc1)NC(=NC)NCc1ccccc1C. The van der Waals surface area contributed by atoms with Crippen molar-refractivity contribution < 1.29 is 8.42 Å². The van der Waals surface area contributed by atoms with Crippen LogP contribution in [0.1, 0.15) is 24.5 Å². The maximum Gasteiger partial charge on any atom is 0.191 e. The van der Waals surface area contributed by atoms with Crippen molar-refractivity contribution in [1.82, 2.24) is 10.6 Å². The van der Waals surface area contributed by atoms with E-state index in [9.17, 15) is 8.42 Å². The van der Waals surface area contributed by atoms with Crippen LogP contribution in [0.15, 0.2) is 64.5 Å². The van der Waals surface area contributed by atoms with Gasteiger partial charge in [0.05, 0.1) is 10.6 Å². The quantitative estimate of drug-likeness (QED) is 0.578. The minimum Gasteiger partial charge on any atom is -0.353 e. The molecule has 0 fully saturated rings. The Hall–Kier alpha value is -2.34. The predicted molar refractivity (Wildman–Crippen MR) is 107 cm³/mol. The first-order valence-corrected chi connectivity index (χ1v) is 10.4. The van der Waals surface area contributed by atoms with Gasteiger partial charge in [-0.1, -0.05) is 49.4 Å². The Bertz CT molecular complexity index is 833. The normalized spacial score (nSPS) is 13.3. The van der Waals surface area contributed by atoms with Crippen molar-refractivity contribution in [3.63, 3.8) is 0 Å². The summed E-state index contributed by atoms with van der Waals surface area (Å²) >= 11 is 0. The van der Waals surface area contributed by atoms with E-state index in [-0.39, 0.29) is 11.8 Å². The molecule has 2 aromatic rings. The largest absolute Gasteiger partial charge is 0.353 e. The second kappa shape index (κ2) is 9.38. The van der Waals surface area contributed by atoms with Crippen molar-refractivity contribution in [1.29, 1.82) is 0 Å². The average Bonchev–Trinajstić information content (AvgIpc) is 2.66. The summed E-state index contributed by atoms with van der Waals surface area (Å²) in [5, 5.41) is 6.49. The molecular formula is C20H27N3O2S. The number of sulfone groups is 1. The number of hydrogen-bond acceptors (Lipinski definition) is 3. The van der Waals surface area contributed by atoms with Crippen LogP contribution in [-0.2, 0) is 16.4 Å². The lowest BCUT2D eigenvalue weighted by Gasteiger charge is -2.20. The molecule has 140 valence electrons. The Labute approximate surface area is 156 Å². The highest BCUT2D eigenvalue weighted by atomic mass is 32.2. The van der Waals surface area contributed by atoms with Crippen LogP contribution >= 0.6 is 0 Å². The minimum absolute atomic E-state index is 0.0264. The van der Waals surface area contributed by atoms with Gasteiger partial charge in [-0.05, 0) is 36.6 Å². The van der Waals surface area contributed by atoms with Gasteiger partial charge in [-0.2, -0.15) is 0 Å². The maximum atomic E-state index is 12.6. The van der Waals surface area contributed by atoms with E-state index in [0.29, 0.717) is 23.8 Å². The van der Waals surface area contributed by atoms with E-state index in [1.165, 1.54) is 11.1 Å². The molecular weight excluding hydrogens is 346 g/mol. The van der Waals surface area contributed by atoms with Gasteiger partial charge in [0.2, 0.25) is 0 Å². The Balaban J connectivity index is 2.00. The maximum absolute atomic E-state index is 12.6. The summed E-state index contributed by atoms with van der Waals surface area (Å²) in [6.07, 6.45) is 0.678. The van der Waals surface area contributed by atoms with Gasteiger partial charge in [0.25, 0.3) is 0 Å². The molecule has 5 nitrogen and oxygen atoms in total. The van der Waals surface area contributed by atoms with Crippen LogP contribution in [0.2, 0.25) is 0 Å². The van der Waals surface area contributed by atoms with Crippen LogP contribution in [0.4, 0.5) is 0 Å². The van der Waals surface area contributed by atoms with Crippen molar-refractivity contribution >= 4 is 15.8 Å². The zero-order valence-corrected chi connectivity index (χ0v) is 16.4. The van der Waals surface area contributed by atoms with E-state index < -0.39 is 9.84 Å². The first-order chi connectivity index (χ1) is 12.5. The first-order valence-electron chi connectivity index (χ1n) is 8.75. The zero-order chi connectivity index (χ0) is 19.0. The zero-order valence-electron chi connectivity index (χ0n) is 15.6. The lowest BCUT2D eigenvalue weighted by atomic mass is 10.1. The Morgan fingerprint density at radius 2 is 1.73 bits per heavy atom. The van der Waals surface area contributed by atoms with E-state index >= 15 is 0 Å². The van der Waals surface area contributed by atoms with Crippen LogP contribution in [0.5, 0.6) is 0 Å². The number of hydrogen-bond donors (Lipinski definition) is 2. The third-order valence-corrected chi connectivity index (χ3v) is 6.12. The molecule has 2 rings (SSSR count). The molecule has 2 aromatic carbocycles. The topological polar surface area (TPSA) is 70.6 Å². The van der Waals surface area contributed by atoms with E-state index in [1.807, 2.05) is 25.1 Å². The molecule has 0 aliphatic rings. The Kier molecular flexibility index (Phi) is 7.21. The summed E-state index contributed by atoms with van der Waals surface area (Å²) < 4.78 is 25.2. The predicted octanol–water partition coefficient (Wildman–Crippen LogP) is 2.91. The van der Waals surface area contributed by atoms with Crippen molar-refractivity contribution in [2.24, 2.45) is 4.99 Å². The fourth-order valence-electron chi connectivity index (χ4n) is 2.63. The molecule has 1 atom stereocenters. The number of benzene rings is 2. The van der Waals surface area contributed by atoms with Crippen LogP contribution in [0, 0.1) is 6.92 Å². The third-order valence-electron chi connectivity index (χ3n) is 4.29. The van der Waals surface area contributed by atoms with Crippen LogP contribution in [0.25, 0.3) is 0 Å². The van der Waals surface area contributed by atoms with Gasteiger partial charge >= 0.3 is 0 Å². The highest BCUT2D eigenvalue weighted by Gasteiger charge is 2.20. The van der Waals surface area contributed by atoms with Gasteiger partial charge < -0.3 is 10.6 Å². The summed E-state index contributed by atoms with van der Waals surface area (Å²) in [6, 6.07) is 16.5. The number of aliphatic imine (C=N–C) groups is 1. The lowest BCUT2D eigenvalue weighted by molar-refractivity contribution is 0.568. The summed E-state index contributed by atoms with van der Waals surface area (Å²) in [7, 11) is -1.66. The molecule has 0 saturated carbocycles. The molecule has 0 aliphatic heterocycles. The van der Waals surface area contributed by atoms with Crippen molar-refractivity contribution in [2.75, 3.05) is 12.8 Å².